The van der Waals surface area contributed by atoms with E-state index < -0.39 is 9.84 Å². The van der Waals surface area contributed by atoms with E-state index in [1.54, 1.807) is 0 Å². The first-order chi connectivity index (χ1) is 6.98. The Labute approximate surface area is 87.7 Å². The SMILES string of the molecule is CS(=O)(=O)c1cc2c(cc1N)OCCO2. The molecule has 1 aliphatic rings. The van der Waals surface area contributed by atoms with E-state index in [1.165, 1.54) is 12.1 Å². The van der Waals surface area contributed by atoms with Gasteiger partial charge in [-0.2, -0.15) is 0 Å². The molecule has 1 aromatic carbocycles. The van der Waals surface area contributed by atoms with E-state index in [1.807, 2.05) is 0 Å². The fourth-order valence-corrected chi connectivity index (χ4v) is 2.22. The molecule has 0 radical (unpaired) electrons. The summed E-state index contributed by atoms with van der Waals surface area (Å²) in [6.07, 6.45) is 1.11. The third kappa shape index (κ3) is 1.85. The fraction of sp³-hybridized carbons (Fsp3) is 0.333. The highest BCUT2D eigenvalue weighted by molar-refractivity contribution is 7.90. The molecule has 0 bridgehead atoms. The zero-order chi connectivity index (χ0) is 11.1. The second-order valence-corrected chi connectivity index (χ2v) is 5.29. The fourth-order valence-electron chi connectivity index (χ4n) is 1.41. The van der Waals surface area contributed by atoms with Crippen LogP contribution in [0.5, 0.6) is 11.5 Å². The maximum atomic E-state index is 11.4. The van der Waals surface area contributed by atoms with Crippen LogP contribution in [0.2, 0.25) is 0 Å². The van der Waals surface area contributed by atoms with Crippen molar-refractivity contribution in [3.8, 4) is 11.5 Å². The minimum Gasteiger partial charge on any atom is -0.486 e. The normalized spacial score (nSPS) is 15.0. The smallest absolute Gasteiger partial charge is 0.177 e. The van der Waals surface area contributed by atoms with E-state index in [0.717, 1.165) is 6.26 Å². The van der Waals surface area contributed by atoms with Gasteiger partial charge in [-0.15, -0.1) is 0 Å². The van der Waals surface area contributed by atoms with Gasteiger partial charge in [0.15, 0.2) is 21.3 Å². The molecule has 0 fully saturated rings. The summed E-state index contributed by atoms with van der Waals surface area (Å²) in [7, 11) is -3.33. The lowest BCUT2D eigenvalue weighted by Crippen LogP contribution is -2.16. The number of nitrogen functional groups attached to an aromatic ring is 1. The number of hydrogen-bond donors (Lipinski definition) is 1. The van der Waals surface area contributed by atoms with E-state index in [4.69, 9.17) is 15.2 Å². The molecule has 82 valence electrons. The summed E-state index contributed by atoms with van der Waals surface area (Å²) in [5.74, 6) is 0.919. The molecule has 0 saturated carbocycles. The van der Waals surface area contributed by atoms with Crippen LogP contribution in [0.4, 0.5) is 5.69 Å². The molecule has 1 heterocycles. The Kier molecular flexibility index (Phi) is 2.22. The van der Waals surface area contributed by atoms with Gasteiger partial charge in [0, 0.05) is 18.4 Å². The number of hydrogen-bond acceptors (Lipinski definition) is 5. The molecule has 0 aromatic heterocycles. The third-order valence-electron chi connectivity index (χ3n) is 2.07. The Bertz CT molecular complexity index is 495. The molecule has 2 N–H and O–H groups in total. The lowest BCUT2D eigenvalue weighted by molar-refractivity contribution is 0.171. The van der Waals surface area contributed by atoms with Crippen LogP contribution in [0.3, 0.4) is 0 Å². The van der Waals surface area contributed by atoms with Crippen LogP contribution in [0, 0.1) is 0 Å². The van der Waals surface area contributed by atoms with Gasteiger partial charge in [0.25, 0.3) is 0 Å². The second kappa shape index (κ2) is 3.30. The largest absolute Gasteiger partial charge is 0.486 e. The number of ether oxygens (including phenoxy) is 2. The molecule has 0 amide bonds. The Hall–Kier alpha value is -1.43. The van der Waals surface area contributed by atoms with Crippen LogP contribution in [-0.2, 0) is 9.84 Å². The standard InChI is InChI=1S/C9H11NO4S/c1-15(11,12)9-5-8-7(4-6(9)10)13-2-3-14-8/h4-5H,2-3,10H2,1H3. The lowest BCUT2D eigenvalue weighted by Gasteiger charge is -2.19. The number of sulfone groups is 1. The molecule has 0 spiro atoms. The highest BCUT2D eigenvalue weighted by Crippen LogP contribution is 2.36. The molecule has 6 heteroatoms. The van der Waals surface area contributed by atoms with Gasteiger partial charge < -0.3 is 15.2 Å². The average molecular weight is 229 g/mol. The van der Waals surface area contributed by atoms with Gasteiger partial charge in [-0.3, -0.25) is 0 Å². The third-order valence-corrected chi connectivity index (χ3v) is 3.23. The zero-order valence-corrected chi connectivity index (χ0v) is 9.00. The van der Waals surface area contributed by atoms with Gasteiger partial charge in [0.2, 0.25) is 0 Å². The molecule has 0 aliphatic carbocycles. The molecule has 0 unspecified atom stereocenters. The molecular formula is C9H11NO4S. The summed E-state index contributed by atoms with van der Waals surface area (Å²) >= 11 is 0. The van der Waals surface area contributed by atoms with Crippen LogP contribution in [0.25, 0.3) is 0 Å². The van der Waals surface area contributed by atoms with Crippen molar-refractivity contribution in [1.29, 1.82) is 0 Å². The molecule has 0 atom stereocenters. The monoisotopic (exact) mass is 229 g/mol. The Morgan fingerprint density at radius 3 is 2.27 bits per heavy atom. The number of nitrogens with two attached hydrogens (primary N) is 1. The van der Waals surface area contributed by atoms with Gasteiger partial charge in [0.1, 0.15) is 13.2 Å². The molecule has 1 aromatic rings. The molecule has 0 saturated heterocycles. The first-order valence-corrected chi connectivity index (χ1v) is 6.27. The van der Waals surface area contributed by atoms with E-state index in [-0.39, 0.29) is 10.6 Å². The van der Waals surface area contributed by atoms with Crippen molar-refractivity contribution in [2.75, 3.05) is 25.2 Å². The second-order valence-electron chi connectivity index (χ2n) is 3.31. The van der Waals surface area contributed by atoms with E-state index in [9.17, 15) is 8.42 Å². The maximum absolute atomic E-state index is 11.4. The van der Waals surface area contributed by atoms with Crippen LogP contribution in [0.1, 0.15) is 0 Å². The Morgan fingerprint density at radius 1 is 1.20 bits per heavy atom. The molecule has 5 nitrogen and oxygen atoms in total. The van der Waals surface area contributed by atoms with Gasteiger partial charge >= 0.3 is 0 Å². The summed E-state index contributed by atoms with van der Waals surface area (Å²) in [5.41, 5.74) is 5.80. The number of anilines is 1. The minimum absolute atomic E-state index is 0.0757. The summed E-state index contributed by atoms with van der Waals surface area (Å²) in [5, 5.41) is 0. The molecule has 15 heavy (non-hydrogen) atoms. The van der Waals surface area contributed by atoms with Crippen molar-refractivity contribution < 1.29 is 17.9 Å². The maximum Gasteiger partial charge on any atom is 0.177 e. The Balaban J connectivity index is 2.60. The van der Waals surface area contributed by atoms with Gasteiger partial charge in [-0.1, -0.05) is 0 Å². The van der Waals surface area contributed by atoms with Crippen molar-refractivity contribution in [3.05, 3.63) is 12.1 Å². The van der Waals surface area contributed by atoms with Gasteiger partial charge in [0.05, 0.1) is 10.6 Å². The summed E-state index contributed by atoms with van der Waals surface area (Å²) in [6.45, 7) is 0.866. The average Bonchev–Trinajstić information content (AvgIpc) is 2.15. The van der Waals surface area contributed by atoms with Crippen molar-refractivity contribution in [2.24, 2.45) is 0 Å². The highest BCUT2D eigenvalue weighted by Gasteiger charge is 2.19. The predicted octanol–water partition coefficient (Wildman–Crippen LogP) is 0.444. The topological polar surface area (TPSA) is 78.6 Å². The number of fused-ring (bicyclic) bond motifs is 1. The van der Waals surface area contributed by atoms with Crippen LogP contribution in [-0.4, -0.2) is 27.9 Å². The number of rotatable bonds is 1. The Morgan fingerprint density at radius 2 is 1.73 bits per heavy atom. The van der Waals surface area contributed by atoms with Gasteiger partial charge in [-0.05, 0) is 0 Å². The summed E-state index contributed by atoms with van der Waals surface area (Å²) in [4.78, 5) is 0.0757. The van der Waals surface area contributed by atoms with E-state index in [0.29, 0.717) is 24.7 Å². The summed E-state index contributed by atoms with van der Waals surface area (Å²) in [6, 6.07) is 2.88. The lowest BCUT2D eigenvalue weighted by atomic mass is 10.2. The highest BCUT2D eigenvalue weighted by atomic mass is 32.2. The molecule has 2 rings (SSSR count). The summed E-state index contributed by atoms with van der Waals surface area (Å²) < 4.78 is 33.3. The van der Waals surface area contributed by atoms with Crippen molar-refractivity contribution in [3.63, 3.8) is 0 Å². The first kappa shape index (κ1) is 10.1. The van der Waals surface area contributed by atoms with E-state index >= 15 is 0 Å². The van der Waals surface area contributed by atoms with Crippen LogP contribution in [0.15, 0.2) is 17.0 Å². The van der Waals surface area contributed by atoms with Crippen molar-refractivity contribution >= 4 is 15.5 Å². The number of benzene rings is 1. The van der Waals surface area contributed by atoms with Gasteiger partial charge in [-0.25, -0.2) is 8.42 Å². The van der Waals surface area contributed by atoms with E-state index in [2.05, 4.69) is 0 Å². The zero-order valence-electron chi connectivity index (χ0n) is 8.19. The molecule has 1 aliphatic heterocycles. The van der Waals surface area contributed by atoms with Crippen LogP contribution >= 0.6 is 0 Å². The van der Waals surface area contributed by atoms with Crippen LogP contribution < -0.4 is 15.2 Å². The molecular weight excluding hydrogens is 218 g/mol. The predicted molar refractivity (Wildman–Crippen MR) is 55.0 cm³/mol. The van der Waals surface area contributed by atoms with Crippen molar-refractivity contribution in [2.45, 2.75) is 4.90 Å². The quantitative estimate of drug-likeness (QED) is 0.707. The minimum atomic E-state index is -3.33. The van der Waals surface area contributed by atoms with Crippen molar-refractivity contribution in [1.82, 2.24) is 0 Å². The first-order valence-electron chi connectivity index (χ1n) is 4.37.